The number of benzene rings is 1. The van der Waals surface area contributed by atoms with Crippen LogP contribution in [-0.2, 0) is 0 Å². The molecule has 0 radical (unpaired) electrons. The molecule has 2 aromatic rings. The quantitative estimate of drug-likeness (QED) is 0.850. The zero-order valence-electron chi connectivity index (χ0n) is 8.21. The van der Waals surface area contributed by atoms with Gasteiger partial charge in [0.2, 0.25) is 5.88 Å². The Bertz CT molecular complexity index is 548. The van der Waals surface area contributed by atoms with E-state index in [1.54, 1.807) is 12.1 Å². The van der Waals surface area contributed by atoms with Crippen LogP contribution in [0.5, 0.6) is 5.88 Å². The van der Waals surface area contributed by atoms with E-state index in [-0.39, 0.29) is 5.56 Å². The predicted molar refractivity (Wildman–Crippen MR) is 60.7 cm³/mol. The normalized spacial score (nSPS) is 10.5. The summed E-state index contributed by atoms with van der Waals surface area (Å²) in [5.74, 6) is 0.497. The summed E-state index contributed by atoms with van der Waals surface area (Å²) < 4.78 is 5.34. The molecule has 0 unspecified atom stereocenters. The molecule has 2 rings (SSSR count). The summed E-state index contributed by atoms with van der Waals surface area (Å²) in [6.45, 7) is 2.38. The van der Waals surface area contributed by atoms with Crippen LogP contribution in [0, 0.1) is 0 Å². The van der Waals surface area contributed by atoms with Gasteiger partial charge in [-0.05, 0) is 30.5 Å². The minimum atomic E-state index is -0.187. The van der Waals surface area contributed by atoms with Gasteiger partial charge in [-0.2, -0.15) is 0 Å². The summed E-state index contributed by atoms with van der Waals surface area (Å²) in [5.41, 5.74) is -0.187. The van der Waals surface area contributed by atoms with Crippen molar-refractivity contribution >= 4 is 22.4 Å². The first-order valence-corrected chi connectivity index (χ1v) is 5.04. The fraction of sp³-hybridized carbons (Fsp3) is 0.182. The summed E-state index contributed by atoms with van der Waals surface area (Å²) in [4.78, 5) is 14.0. The second-order valence-corrected chi connectivity index (χ2v) is 3.56. The Labute approximate surface area is 91.6 Å². The maximum atomic E-state index is 11.3. The summed E-state index contributed by atoms with van der Waals surface area (Å²) in [7, 11) is 0. The maximum Gasteiger partial charge on any atom is 0.251 e. The number of pyridine rings is 1. The molecule has 0 amide bonds. The average Bonchev–Trinajstić information content (AvgIpc) is 2.17. The van der Waals surface area contributed by atoms with Crippen LogP contribution < -0.4 is 10.3 Å². The molecule has 3 nitrogen and oxygen atoms in total. The lowest BCUT2D eigenvalue weighted by atomic mass is 10.2. The second-order valence-electron chi connectivity index (χ2n) is 3.13. The van der Waals surface area contributed by atoms with Crippen LogP contribution in [0.25, 0.3) is 10.8 Å². The molecule has 0 aliphatic rings. The Balaban J connectivity index is 2.74. The Hall–Kier alpha value is -1.48. The molecular weight excluding hydrogens is 214 g/mol. The van der Waals surface area contributed by atoms with Gasteiger partial charge >= 0.3 is 0 Å². The number of ether oxygens (including phenoxy) is 1. The molecule has 1 N–H and O–H groups in total. The van der Waals surface area contributed by atoms with Gasteiger partial charge in [-0.15, -0.1) is 0 Å². The Morgan fingerprint density at radius 1 is 1.40 bits per heavy atom. The average molecular weight is 224 g/mol. The Morgan fingerprint density at radius 3 is 2.93 bits per heavy atom. The van der Waals surface area contributed by atoms with E-state index >= 15 is 0 Å². The van der Waals surface area contributed by atoms with Gasteiger partial charge in [0.1, 0.15) is 0 Å². The summed E-state index contributed by atoms with van der Waals surface area (Å²) >= 11 is 5.85. The third-order valence-corrected chi connectivity index (χ3v) is 2.31. The minimum Gasteiger partial charge on any atom is -0.479 e. The van der Waals surface area contributed by atoms with Gasteiger partial charge in [-0.3, -0.25) is 9.78 Å². The van der Waals surface area contributed by atoms with Crippen molar-refractivity contribution in [2.75, 3.05) is 6.61 Å². The molecule has 0 spiro atoms. The fourth-order valence-corrected chi connectivity index (χ4v) is 1.66. The first-order chi connectivity index (χ1) is 7.20. The number of H-pyrrole nitrogens is 1. The highest BCUT2D eigenvalue weighted by Crippen LogP contribution is 2.24. The smallest absolute Gasteiger partial charge is 0.251 e. The molecule has 0 saturated heterocycles. The van der Waals surface area contributed by atoms with E-state index in [2.05, 4.69) is 4.98 Å². The number of hydrogen-bond acceptors (Lipinski definition) is 2. The third-order valence-electron chi connectivity index (χ3n) is 2.07. The number of rotatable bonds is 2. The molecular formula is C11H10ClNO2. The lowest BCUT2D eigenvalue weighted by molar-refractivity contribution is 0.330. The SMILES string of the molecule is CCOc1[nH]c(=O)cc2cc(Cl)ccc12. The monoisotopic (exact) mass is 223 g/mol. The molecule has 4 heteroatoms. The Kier molecular flexibility index (Phi) is 2.64. The highest BCUT2D eigenvalue weighted by molar-refractivity contribution is 6.31. The lowest BCUT2D eigenvalue weighted by Gasteiger charge is -2.06. The van der Waals surface area contributed by atoms with Gasteiger partial charge in [0.05, 0.1) is 6.61 Å². The van der Waals surface area contributed by atoms with Crippen LogP contribution >= 0.6 is 11.6 Å². The molecule has 78 valence electrons. The van der Waals surface area contributed by atoms with Crippen molar-refractivity contribution in [3.8, 4) is 5.88 Å². The molecule has 0 fully saturated rings. The van der Waals surface area contributed by atoms with Gasteiger partial charge in [0.25, 0.3) is 5.56 Å². The molecule has 1 heterocycles. The zero-order valence-corrected chi connectivity index (χ0v) is 8.97. The van der Waals surface area contributed by atoms with Crippen molar-refractivity contribution in [2.24, 2.45) is 0 Å². The van der Waals surface area contributed by atoms with Gasteiger partial charge in [0, 0.05) is 16.5 Å². The van der Waals surface area contributed by atoms with Crippen molar-refractivity contribution < 1.29 is 4.74 Å². The minimum absolute atomic E-state index is 0.187. The fourth-order valence-electron chi connectivity index (χ4n) is 1.47. The van der Waals surface area contributed by atoms with Crippen LogP contribution in [0.3, 0.4) is 0 Å². The van der Waals surface area contributed by atoms with E-state index in [0.717, 1.165) is 10.8 Å². The summed E-state index contributed by atoms with van der Waals surface area (Å²) in [5, 5.41) is 2.26. The molecule has 0 aliphatic heterocycles. The van der Waals surface area contributed by atoms with E-state index in [4.69, 9.17) is 16.3 Å². The topological polar surface area (TPSA) is 42.1 Å². The van der Waals surface area contributed by atoms with Crippen molar-refractivity contribution in [3.63, 3.8) is 0 Å². The number of hydrogen-bond donors (Lipinski definition) is 1. The molecule has 1 aromatic heterocycles. The molecule has 0 bridgehead atoms. The summed E-state index contributed by atoms with van der Waals surface area (Å²) in [6.07, 6.45) is 0. The van der Waals surface area contributed by atoms with E-state index in [9.17, 15) is 4.79 Å². The number of aromatic nitrogens is 1. The zero-order chi connectivity index (χ0) is 10.8. The van der Waals surface area contributed by atoms with Crippen molar-refractivity contribution in [1.29, 1.82) is 0 Å². The van der Waals surface area contributed by atoms with Crippen LogP contribution in [0.1, 0.15) is 6.92 Å². The van der Waals surface area contributed by atoms with Crippen LogP contribution in [0.4, 0.5) is 0 Å². The van der Waals surface area contributed by atoms with Gasteiger partial charge in [-0.25, -0.2) is 0 Å². The van der Waals surface area contributed by atoms with Crippen LogP contribution in [0.2, 0.25) is 5.02 Å². The van der Waals surface area contributed by atoms with Crippen LogP contribution in [0.15, 0.2) is 29.1 Å². The second kappa shape index (κ2) is 3.95. The van der Waals surface area contributed by atoms with Crippen molar-refractivity contribution in [2.45, 2.75) is 6.92 Å². The summed E-state index contributed by atoms with van der Waals surface area (Å²) in [6, 6.07) is 6.85. The van der Waals surface area contributed by atoms with Gasteiger partial charge in [-0.1, -0.05) is 11.6 Å². The Morgan fingerprint density at radius 2 is 2.20 bits per heavy atom. The lowest BCUT2D eigenvalue weighted by Crippen LogP contribution is -2.07. The van der Waals surface area contributed by atoms with Crippen molar-refractivity contribution in [3.05, 3.63) is 39.6 Å². The molecule has 1 aromatic carbocycles. The number of aromatic amines is 1. The molecule has 0 saturated carbocycles. The highest BCUT2D eigenvalue weighted by atomic mass is 35.5. The van der Waals surface area contributed by atoms with E-state index < -0.39 is 0 Å². The maximum absolute atomic E-state index is 11.3. The molecule has 0 atom stereocenters. The van der Waals surface area contributed by atoms with E-state index in [0.29, 0.717) is 17.5 Å². The number of halogens is 1. The largest absolute Gasteiger partial charge is 0.479 e. The van der Waals surface area contributed by atoms with Crippen LogP contribution in [-0.4, -0.2) is 11.6 Å². The standard InChI is InChI=1S/C11H10ClNO2/c1-2-15-11-9-4-3-8(12)5-7(9)6-10(14)13-11/h3-6H,2H2,1H3,(H,13,14). The predicted octanol–water partition coefficient (Wildman–Crippen LogP) is 2.58. The number of fused-ring (bicyclic) bond motifs is 1. The highest BCUT2D eigenvalue weighted by Gasteiger charge is 2.04. The first kappa shape index (κ1) is 10.1. The first-order valence-electron chi connectivity index (χ1n) is 4.66. The molecule has 15 heavy (non-hydrogen) atoms. The van der Waals surface area contributed by atoms with Gasteiger partial charge < -0.3 is 4.74 Å². The van der Waals surface area contributed by atoms with E-state index in [1.165, 1.54) is 6.07 Å². The van der Waals surface area contributed by atoms with E-state index in [1.807, 2.05) is 13.0 Å². The number of nitrogens with one attached hydrogen (secondary N) is 1. The van der Waals surface area contributed by atoms with Gasteiger partial charge in [0.15, 0.2) is 0 Å². The molecule has 0 aliphatic carbocycles. The third kappa shape index (κ3) is 1.97. The van der Waals surface area contributed by atoms with Crippen molar-refractivity contribution in [1.82, 2.24) is 4.98 Å².